The summed E-state index contributed by atoms with van der Waals surface area (Å²) in [6.45, 7) is 2.07. The molecule has 0 amide bonds. The van der Waals surface area contributed by atoms with E-state index >= 15 is 0 Å². The normalized spacial score (nSPS) is 21.8. The largest absolute Gasteiger partial charge is 0.481 e. The number of ketones is 1. The fourth-order valence-electron chi connectivity index (χ4n) is 2.70. The lowest BCUT2D eigenvalue weighted by Gasteiger charge is -2.13. The zero-order valence-corrected chi connectivity index (χ0v) is 15.5. The first-order valence-electron chi connectivity index (χ1n) is 9.29. The zero-order chi connectivity index (χ0) is 19.2. The molecule has 0 aliphatic heterocycles. The number of hydrogen-bond acceptors (Lipinski definition) is 3. The van der Waals surface area contributed by atoms with Gasteiger partial charge in [0.05, 0.1) is 6.10 Å². The number of allylic oxidation sites excluding steroid dienone is 8. The Hall–Kier alpha value is -2.20. The average molecular weight is 358 g/mol. The standard InChI is InChI=1S/C22H30O4/c1-2-3-8-12-20-18(15-17-21(20)24)14-16-19(23)11-9-6-4-5-7-10-13-22(25)26/h3,5-9,14-20,23H,2,4,10-13H2,1H3,(H,25,26)/b7-5-,8-3-,9-6-,16-14+/t18-,19+,20-/m0/s1. The first-order chi connectivity index (χ1) is 12.5. The van der Waals surface area contributed by atoms with Gasteiger partial charge < -0.3 is 10.2 Å². The van der Waals surface area contributed by atoms with Crippen LogP contribution in [-0.4, -0.2) is 28.1 Å². The third kappa shape index (κ3) is 9.33. The Morgan fingerprint density at radius 2 is 1.96 bits per heavy atom. The predicted octanol–water partition coefficient (Wildman–Crippen LogP) is 4.39. The van der Waals surface area contributed by atoms with E-state index in [9.17, 15) is 14.7 Å². The number of aliphatic carboxylic acids is 1. The molecule has 0 heterocycles. The molecule has 0 saturated heterocycles. The first-order valence-corrected chi connectivity index (χ1v) is 9.29. The molecule has 0 radical (unpaired) electrons. The molecular formula is C22H30O4. The van der Waals surface area contributed by atoms with Crippen LogP contribution in [0.4, 0.5) is 0 Å². The van der Waals surface area contributed by atoms with Gasteiger partial charge in [0, 0.05) is 18.3 Å². The molecule has 0 unspecified atom stereocenters. The lowest BCUT2D eigenvalue weighted by atomic mass is 9.90. The molecule has 0 aromatic heterocycles. The van der Waals surface area contributed by atoms with Crippen molar-refractivity contribution < 1.29 is 19.8 Å². The summed E-state index contributed by atoms with van der Waals surface area (Å²) in [6.07, 6.45) is 22.1. The molecule has 0 bridgehead atoms. The molecule has 1 aliphatic carbocycles. The molecule has 0 saturated carbocycles. The maximum Gasteiger partial charge on any atom is 0.303 e. The second kappa shape index (κ2) is 13.1. The van der Waals surface area contributed by atoms with Gasteiger partial charge in [-0.1, -0.05) is 61.6 Å². The Kier molecular flexibility index (Phi) is 11.0. The molecule has 26 heavy (non-hydrogen) atoms. The molecule has 0 aromatic carbocycles. The van der Waals surface area contributed by atoms with Crippen LogP contribution in [0.2, 0.25) is 0 Å². The summed E-state index contributed by atoms with van der Waals surface area (Å²) in [6, 6.07) is 0. The lowest BCUT2D eigenvalue weighted by molar-refractivity contribution is -0.136. The van der Waals surface area contributed by atoms with Crippen molar-refractivity contribution in [3.8, 4) is 0 Å². The molecule has 142 valence electrons. The van der Waals surface area contributed by atoms with Gasteiger partial charge in [-0.05, 0) is 38.2 Å². The number of carbonyl (C=O) groups is 2. The van der Waals surface area contributed by atoms with Crippen molar-refractivity contribution in [1.29, 1.82) is 0 Å². The summed E-state index contributed by atoms with van der Waals surface area (Å²) in [5.41, 5.74) is 0. The second-order valence-electron chi connectivity index (χ2n) is 6.36. The molecule has 1 aliphatic rings. The SMILES string of the molecule is CC/C=C\C[C@@H]1C(=O)C=C[C@@H]1/C=C/[C@H](O)C/C=C\C/C=C\CCC(=O)O. The van der Waals surface area contributed by atoms with E-state index in [2.05, 4.69) is 19.1 Å². The Labute approximate surface area is 156 Å². The van der Waals surface area contributed by atoms with Crippen molar-refractivity contribution in [2.24, 2.45) is 11.8 Å². The quantitative estimate of drug-likeness (QED) is 0.507. The van der Waals surface area contributed by atoms with E-state index in [-0.39, 0.29) is 24.0 Å². The Morgan fingerprint density at radius 1 is 1.19 bits per heavy atom. The highest BCUT2D eigenvalue weighted by Crippen LogP contribution is 2.27. The van der Waals surface area contributed by atoms with Gasteiger partial charge in [-0.25, -0.2) is 0 Å². The molecule has 1 rings (SSSR count). The number of aliphatic hydroxyl groups is 1. The summed E-state index contributed by atoms with van der Waals surface area (Å²) in [5, 5.41) is 18.6. The molecule has 3 atom stereocenters. The number of carbonyl (C=O) groups excluding carboxylic acids is 1. The van der Waals surface area contributed by atoms with Gasteiger partial charge >= 0.3 is 5.97 Å². The summed E-state index contributed by atoms with van der Waals surface area (Å²) in [4.78, 5) is 22.3. The molecule has 0 spiro atoms. The average Bonchev–Trinajstić information content (AvgIpc) is 2.95. The number of aliphatic hydroxyl groups excluding tert-OH is 1. The number of rotatable bonds is 12. The molecule has 4 heteroatoms. The number of hydrogen-bond donors (Lipinski definition) is 2. The molecule has 4 nitrogen and oxygen atoms in total. The van der Waals surface area contributed by atoms with E-state index in [4.69, 9.17) is 5.11 Å². The summed E-state index contributed by atoms with van der Waals surface area (Å²) in [5.74, 6) is -0.625. The van der Waals surface area contributed by atoms with Crippen LogP contribution < -0.4 is 0 Å². The van der Waals surface area contributed by atoms with Crippen LogP contribution in [0, 0.1) is 11.8 Å². The van der Waals surface area contributed by atoms with E-state index in [0.29, 0.717) is 12.8 Å². The highest BCUT2D eigenvalue weighted by atomic mass is 16.4. The van der Waals surface area contributed by atoms with Crippen molar-refractivity contribution in [3.63, 3.8) is 0 Å². The Bertz CT molecular complexity index is 581. The number of carboxylic acid groups (broad SMARTS) is 1. The number of carboxylic acids is 1. The van der Waals surface area contributed by atoms with Crippen LogP contribution in [0.5, 0.6) is 0 Å². The van der Waals surface area contributed by atoms with Crippen LogP contribution >= 0.6 is 0 Å². The minimum atomic E-state index is -0.789. The molecule has 0 aromatic rings. The van der Waals surface area contributed by atoms with Crippen molar-refractivity contribution >= 4 is 11.8 Å². The summed E-state index contributed by atoms with van der Waals surface area (Å²) >= 11 is 0. The second-order valence-corrected chi connectivity index (χ2v) is 6.36. The van der Waals surface area contributed by atoms with Crippen molar-refractivity contribution in [2.45, 2.75) is 51.6 Å². The van der Waals surface area contributed by atoms with Crippen LogP contribution in [-0.2, 0) is 9.59 Å². The van der Waals surface area contributed by atoms with Gasteiger partial charge in [0.25, 0.3) is 0 Å². The van der Waals surface area contributed by atoms with Crippen molar-refractivity contribution in [1.82, 2.24) is 0 Å². The fraction of sp³-hybridized carbons (Fsp3) is 0.455. The minimum Gasteiger partial charge on any atom is -0.481 e. The topological polar surface area (TPSA) is 74.6 Å². The Balaban J connectivity index is 2.32. The lowest BCUT2D eigenvalue weighted by Crippen LogP contribution is -2.14. The molecule has 0 fully saturated rings. The fourth-order valence-corrected chi connectivity index (χ4v) is 2.70. The van der Waals surface area contributed by atoms with Gasteiger partial charge in [0.1, 0.15) is 0 Å². The maximum atomic E-state index is 11.9. The van der Waals surface area contributed by atoms with Gasteiger partial charge in [-0.3, -0.25) is 9.59 Å². The zero-order valence-electron chi connectivity index (χ0n) is 15.5. The maximum absolute atomic E-state index is 11.9. The van der Waals surface area contributed by atoms with Gasteiger partial charge in [0.2, 0.25) is 0 Å². The monoisotopic (exact) mass is 358 g/mol. The van der Waals surface area contributed by atoms with Crippen LogP contribution in [0.3, 0.4) is 0 Å². The third-order valence-electron chi connectivity index (χ3n) is 4.17. The first kappa shape index (κ1) is 21.8. The molecule has 2 N–H and O–H groups in total. The van der Waals surface area contributed by atoms with E-state index in [1.54, 1.807) is 12.2 Å². The van der Waals surface area contributed by atoms with Crippen LogP contribution in [0.1, 0.15) is 45.4 Å². The van der Waals surface area contributed by atoms with E-state index in [0.717, 1.165) is 19.3 Å². The van der Waals surface area contributed by atoms with E-state index < -0.39 is 12.1 Å². The van der Waals surface area contributed by atoms with Gasteiger partial charge in [0.15, 0.2) is 5.78 Å². The van der Waals surface area contributed by atoms with Gasteiger partial charge in [-0.15, -0.1) is 0 Å². The highest BCUT2D eigenvalue weighted by molar-refractivity contribution is 5.95. The van der Waals surface area contributed by atoms with Gasteiger partial charge in [-0.2, -0.15) is 0 Å². The predicted molar refractivity (Wildman–Crippen MR) is 105 cm³/mol. The Morgan fingerprint density at radius 3 is 2.69 bits per heavy atom. The third-order valence-corrected chi connectivity index (χ3v) is 4.17. The van der Waals surface area contributed by atoms with Crippen LogP contribution in [0.15, 0.2) is 60.8 Å². The highest BCUT2D eigenvalue weighted by Gasteiger charge is 2.26. The van der Waals surface area contributed by atoms with E-state index in [1.807, 2.05) is 36.5 Å². The summed E-state index contributed by atoms with van der Waals surface area (Å²) < 4.78 is 0. The molecular weight excluding hydrogens is 328 g/mol. The van der Waals surface area contributed by atoms with Crippen LogP contribution in [0.25, 0.3) is 0 Å². The summed E-state index contributed by atoms with van der Waals surface area (Å²) in [7, 11) is 0. The van der Waals surface area contributed by atoms with Crippen molar-refractivity contribution in [2.75, 3.05) is 0 Å². The smallest absolute Gasteiger partial charge is 0.303 e. The van der Waals surface area contributed by atoms with Crippen molar-refractivity contribution in [3.05, 3.63) is 60.8 Å². The van der Waals surface area contributed by atoms with E-state index in [1.165, 1.54) is 0 Å². The minimum absolute atomic E-state index is 0.0484.